The highest BCUT2D eigenvalue weighted by Gasteiger charge is 2.15. The summed E-state index contributed by atoms with van der Waals surface area (Å²) in [7, 11) is 0. The summed E-state index contributed by atoms with van der Waals surface area (Å²) in [6, 6.07) is 17.6. The molecule has 0 aromatic heterocycles. The molecule has 0 spiro atoms. The first kappa shape index (κ1) is 15.9. The predicted molar refractivity (Wildman–Crippen MR) is 84.7 cm³/mol. The predicted octanol–water partition coefficient (Wildman–Crippen LogP) is 3.60. The zero-order chi connectivity index (χ0) is 15.8. The van der Waals surface area contributed by atoms with Crippen LogP contribution in [0.1, 0.15) is 10.4 Å². The molecule has 112 valence electrons. The van der Waals surface area contributed by atoms with Crippen molar-refractivity contribution in [3.8, 4) is 0 Å². The lowest BCUT2D eigenvalue weighted by atomic mass is 10.2. The van der Waals surface area contributed by atoms with E-state index < -0.39 is 18.4 Å². The number of thioether (sulfide) groups is 1. The van der Waals surface area contributed by atoms with Crippen LogP contribution < -0.4 is 0 Å². The van der Waals surface area contributed by atoms with Crippen molar-refractivity contribution in [2.24, 2.45) is 0 Å². The number of carbonyl (C=O) groups excluding carboxylic acids is 2. The van der Waals surface area contributed by atoms with Gasteiger partial charge in [-0.25, -0.2) is 4.79 Å². The molecule has 0 atom stereocenters. The molecule has 0 amide bonds. The number of aliphatic hydroxyl groups excluding tert-OH is 1. The lowest BCUT2D eigenvalue weighted by molar-refractivity contribution is -0.117. The maximum Gasteiger partial charge on any atom is 0.338 e. The number of Topliss-reactive ketones (excluding diaryl/α,β-unsaturated/α-hetero) is 1. The maximum atomic E-state index is 12.0. The molecular formula is C17H14O4S. The van der Waals surface area contributed by atoms with Crippen molar-refractivity contribution in [2.75, 3.05) is 6.61 Å². The van der Waals surface area contributed by atoms with Crippen LogP contribution in [0.4, 0.5) is 0 Å². The molecule has 2 rings (SSSR count). The smallest absolute Gasteiger partial charge is 0.338 e. The van der Waals surface area contributed by atoms with Crippen molar-refractivity contribution in [3.63, 3.8) is 0 Å². The third-order valence-electron chi connectivity index (χ3n) is 2.71. The molecule has 0 radical (unpaired) electrons. The van der Waals surface area contributed by atoms with Crippen molar-refractivity contribution in [2.45, 2.75) is 4.90 Å². The van der Waals surface area contributed by atoms with Gasteiger partial charge in [-0.15, -0.1) is 0 Å². The number of carbonyl (C=O) groups is 2. The molecule has 22 heavy (non-hydrogen) atoms. The van der Waals surface area contributed by atoms with Gasteiger partial charge in [0, 0.05) is 4.90 Å². The van der Waals surface area contributed by atoms with E-state index in [2.05, 4.69) is 0 Å². The summed E-state index contributed by atoms with van der Waals surface area (Å²) in [4.78, 5) is 24.7. The third kappa shape index (κ3) is 4.49. The van der Waals surface area contributed by atoms with Gasteiger partial charge in [-0.2, -0.15) is 0 Å². The van der Waals surface area contributed by atoms with E-state index in [0.29, 0.717) is 5.56 Å². The Kier molecular flexibility index (Phi) is 5.80. The Hall–Kier alpha value is -2.53. The number of hydrogen-bond acceptors (Lipinski definition) is 5. The van der Waals surface area contributed by atoms with Crippen molar-refractivity contribution in [3.05, 3.63) is 77.4 Å². The molecule has 0 aliphatic heterocycles. The lowest BCUT2D eigenvalue weighted by Gasteiger charge is -2.06. The van der Waals surface area contributed by atoms with Crippen LogP contribution in [0.25, 0.3) is 0 Å². The highest BCUT2D eigenvalue weighted by atomic mass is 32.2. The van der Waals surface area contributed by atoms with Crippen molar-refractivity contribution in [1.29, 1.82) is 0 Å². The number of benzene rings is 2. The number of ketones is 1. The van der Waals surface area contributed by atoms with Gasteiger partial charge in [-0.1, -0.05) is 48.2 Å². The van der Waals surface area contributed by atoms with Gasteiger partial charge in [0.2, 0.25) is 5.78 Å². The molecule has 2 aromatic carbocycles. The normalized spacial score (nSPS) is 11.0. The Bertz CT molecular complexity index is 666. The Morgan fingerprint density at radius 1 is 1.00 bits per heavy atom. The summed E-state index contributed by atoms with van der Waals surface area (Å²) in [5.41, 5.74) is 0.376. The number of ether oxygens (including phenoxy) is 1. The third-order valence-corrected chi connectivity index (χ3v) is 3.77. The van der Waals surface area contributed by atoms with Crippen LogP contribution in [0.15, 0.2) is 76.7 Å². The zero-order valence-electron chi connectivity index (χ0n) is 11.6. The molecule has 0 unspecified atom stereocenters. The Balaban J connectivity index is 1.92. The first-order chi connectivity index (χ1) is 10.7. The molecule has 0 aliphatic carbocycles. The van der Waals surface area contributed by atoms with E-state index in [1.54, 1.807) is 30.3 Å². The SMILES string of the molecule is O=C(COC(=O)c1ccccc1)C(=CO)Sc1ccccc1. The molecule has 4 nitrogen and oxygen atoms in total. The molecule has 1 N–H and O–H groups in total. The van der Waals surface area contributed by atoms with E-state index in [4.69, 9.17) is 4.74 Å². The fraction of sp³-hybridized carbons (Fsp3) is 0.0588. The average Bonchev–Trinajstić information content (AvgIpc) is 2.59. The summed E-state index contributed by atoms with van der Waals surface area (Å²) in [5, 5.41) is 9.20. The largest absolute Gasteiger partial charge is 0.514 e. The molecule has 5 heteroatoms. The fourth-order valence-corrected chi connectivity index (χ4v) is 2.40. The van der Waals surface area contributed by atoms with Gasteiger partial charge in [-0.05, 0) is 24.3 Å². The summed E-state index contributed by atoms with van der Waals surface area (Å²) in [6.45, 7) is -0.417. The van der Waals surface area contributed by atoms with Crippen molar-refractivity contribution in [1.82, 2.24) is 0 Å². The molecule has 0 fully saturated rings. The Labute approximate surface area is 132 Å². The minimum absolute atomic E-state index is 0.118. The molecule has 2 aromatic rings. The quantitative estimate of drug-likeness (QED) is 0.382. The topological polar surface area (TPSA) is 63.6 Å². The van der Waals surface area contributed by atoms with Crippen LogP contribution >= 0.6 is 11.8 Å². The molecule has 0 aliphatic rings. The fourth-order valence-electron chi connectivity index (χ4n) is 1.63. The van der Waals surface area contributed by atoms with Gasteiger partial charge in [0.25, 0.3) is 0 Å². The minimum Gasteiger partial charge on any atom is -0.514 e. The molecule has 0 saturated carbocycles. The molecular weight excluding hydrogens is 300 g/mol. The van der Waals surface area contributed by atoms with Gasteiger partial charge in [0.1, 0.15) is 0 Å². The highest BCUT2D eigenvalue weighted by Crippen LogP contribution is 2.26. The monoisotopic (exact) mass is 314 g/mol. The van der Waals surface area contributed by atoms with E-state index in [1.165, 1.54) is 0 Å². The van der Waals surface area contributed by atoms with E-state index in [-0.39, 0.29) is 4.91 Å². The van der Waals surface area contributed by atoms with Crippen LogP contribution in [0, 0.1) is 0 Å². The second kappa shape index (κ2) is 8.05. The number of esters is 1. The van der Waals surface area contributed by atoms with Gasteiger partial charge in [0.15, 0.2) is 6.61 Å². The van der Waals surface area contributed by atoms with Crippen molar-refractivity contribution >= 4 is 23.5 Å². The van der Waals surface area contributed by atoms with Crippen LogP contribution in [-0.2, 0) is 9.53 Å². The summed E-state index contributed by atoms with van der Waals surface area (Å²) >= 11 is 1.11. The standard InChI is InChI=1S/C17H14O4S/c18-11-16(22-14-9-5-2-6-10-14)15(19)12-21-17(20)13-7-3-1-4-8-13/h1-11,18H,12H2. The molecule has 0 saturated heterocycles. The first-order valence-corrected chi connectivity index (χ1v) is 7.35. The van der Waals surface area contributed by atoms with Crippen LogP contribution in [0.2, 0.25) is 0 Å². The van der Waals surface area contributed by atoms with Crippen molar-refractivity contribution < 1.29 is 19.4 Å². The van der Waals surface area contributed by atoms with Gasteiger partial charge in [-0.3, -0.25) is 4.79 Å². The van der Waals surface area contributed by atoms with Crippen LogP contribution in [0.5, 0.6) is 0 Å². The van der Waals surface area contributed by atoms with E-state index >= 15 is 0 Å². The average molecular weight is 314 g/mol. The Morgan fingerprint density at radius 2 is 1.59 bits per heavy atom. The van der Waals surface area contributed by atoms with Gasteiger partial charge >= 0.3 is 5.97 Å². The van der Waals surface area contributed by atoms with Gasteiger partial charge < -0.3 is 9.84 Å². The maximum absolute atomic E-state index is 12.0. The van der Waals surface area contributed by atoms with E-state index in [9.17, 15) is 14.7 Å². The number of aliphatic hydroxyl groups is 1. The molecule has 0 bridgehead atoms. The minimum atomic E-state index is -0.573. The summed E-state index contributed by atoms with van der Waals surface area (Å²) in [6.07, 6.45) is 0.732. The first-order valence-electron chi connectivity index (χ1n) is 6.53. The van der Waals surface area contributed by atoms with Gasteiger partial charge in [0.05, 0.1) is 16.7 Å². The number of hydrogen-bond donors (Lipinski definition) is 1. The summed E-state index contributed by atoms with van der Waals surface area (Å²) in [5.74, 6) is -1.03. The second-order valence-electron chi connectivity index (χ2n) is 4.27. The zero-order valence-corrected chi connectivity index (χ0v) is 12.5. The van der Waals surface area contributed by atoms with Crippen LogP contribution in [-0.4, -0.2) is 23.5 Å². The van der Waals surface area contributed by atoms with Crippen LogP contribution in [0.3, 0.4) is 0 Å². The second-order valence-corrected chi connectivity index (χ2v) is 5.39. The Morgan fingerprint density at radius 3 is 2.18 bits per heavy atom. The number of rotatable bonds is 6. The lowest BCUT2D eigenvalue weighted by Crippen LogP contribution is -2.14. The van der Waals surface area contributed by atoms with E-state index in [1.807, 2.05) is 30.3 Å². The summed E-state index contributed by atoms with van der Waals surface area (Å²) < 4.78 is 4.96. The van der Waals surface area contributed by atoms with E-state index in [0.717, 1.165) is 22.9 Å². The highest BCUT2D eigenvalue weighted by molar-refractivity contribution is 8.04. The molecule has 0 heterocycles.